The second-order valence-electron chi connectivity index (χ2n) is 4.09. The Morgan fingerprint density at radius 2 is 1.90 bits per heavy atom. The van der Waals surface area contributed by atoms with Gasteiger partial charge in [0.1, 0.15) is 16.8 Å². The third-order valence-electron chi connectivity index (χ3n) is 2.65. The molecular weight excluding hydrogens is 310 g/mol. The van der Waals surface area contributed by atoms with Crippen LogP contribution in [0, 0.1) is 5.82 Å². The van der Waals surface area contributed by atoms with E-state index in [-0.39, 0.29) is 17.5 Å². The van der Waals surface area contributed by atoms with Gasteiger partial charge in [0.05, 0.1) is 0 Å². The second kappa shape index (κ2) is 5.85. The molecule has 1 aromatic carbocycles. The zero-order chi connectivity index (χ0) is 15.6. The molecule has 1 heterocycles. The quantitative estimate of drug-likeness (QED) is 0.618. The summed E-state index contributed by atoms with van der Waals surface area (Å²) in [4.78, 5) is 8.04. The van der Waals surface area contributed by atoms with Crippen LogP contribution in [0.3, 0.4) is 0 Å². The van der Waals surface area contributed by atoms with Crippen molar-refractivity contribution in [1.82, 2.24) is 9.97 Å². The van der Waals surface area contributed by atoms with Crippen molar-refractivity contribution in [2.45, 2.75) is 13.1 Å². The minimum atomic E-state index is -4.71. The van der Waals surface area contributed by atoms with E-state index in [1.165, 1.54) is 29.2 Å². The van der Waals surface area contributed by atoms with Gasteiger partial charge in [-0.2, -0.15) is 13.2 Å². The van der Waals surface area contributed by atoms with Gasteiger partial charge in [0.2, 0.25) is 5.82 Å². The van der Waals surface area contributed by atoms with Crippen LogP contribution in [-0.2, 0) is 6.18 Å². The van der Waals surface area contributed by atoms with Gasteiger partial charge < -0.3 is 4.90 Å². The monoisotopic (exact) mass is 319 g/mol. The lowest BCUT2D eigenvalue weighted by Crippen LogP contribution is -2.20. The van der Waals surface area contributed by atoms with Gasteiger partial charge in [0.15, 0.2) is 0 Å². The smallest absolute Gasteiger partial charge is 0.326 e. The van der Waals surface area contributed by atoms with Crippen molar-refractivity contribution in [3.8, 4) is 0 Å². The van der Waals surface area contributed by atoms with E-state index in [0.717, 1.165) is 0 Å². The average molecular weight is 320 g/mol. The molecule has 0 N–H and O–H groups in total. The van der Waals surface area contributed by atoms with Crippen molar-refractivity contribution in [3.05, 3.63) is 47.1 Å². The summed E-state index contributed by atoms with van der Waals surface area (Å²) in [6.07, 6.45) is -4.71. The van der Waals surface area contributed by atoms with E-state index < -0.39 is 17.8 Å². The Hall–Kier alpha value is -1.89. The minimum absolute atomic E-state index is 0.0459. The minimum Gasteiger partial charge on any atom is -0.326 e. The average Bonchev–Trinajstić information content (AvgIpc) is 2.38. The molecule has 2 rings (SSSR count). The molecule has 0 unspecified atom stereocenters. The van der Waals surface area contributed by atoms with E-state index in [0.29, 0.717) is 5.69 Å². The Morgan fingerprint density at radius 3 is 2.48 bits per heavy atom. The molecule has 1 aromatic heterocycles. The molecule has 21 heavy (non-hydrogen) atoms. The number of aromatic nitrogens is 2. The highest BCUT2D eigenvalue weighted by Crippen LogP contribution is 2.31. The van der Waals surface area contributed by atoms with E-state index in [4.69, 9.17) is 11.6 Å². The highest BCUT2D eigenvalue weighted by molar-refractivity contribution is 6.29. The Morgan fingerprint density at radius 1 is 1.19 bits per heavy atom. The maximum absolute atomic E-state index is 13.3. The van der Waals surface area contributed by atoms with E-state index in [2.05, 4.69) is 9.97 Å². The maximum Gasteiger partial charge on any atom is 0.451 e. The van der Waals surface area contributed by atoms with Crippen molar-refractivity contribution in [3.63, 3.8) is 0 Å². The number of rotatable bonds is 3. The standard InChI is InChI=1S/C13H10ClF4N3/c1-2-21(9-5-3-4-8(15)6-9)11-7-10(14)19-12(20-11)13(16,17)18/h3-7H,2H2,1H3. The lowest BCUT2D eigenvalue weighted by atomic mass is 10.2. The van der Waals surface area contributed by atoms with Gasteiger partial charge in [-0.25, -0.2) is 14.4 Å². The molecule has 3 nitrogen and oxygen atoms in total. The number of halogens is 5. The zero-order valence-electron chi connectivity index (χ0n) is 10.8. The lowest BCUT2D eigenvalue weighted by molar-refractivity contribution is -0.144. The number of alkyl halides is 3. The van der Waals surface area contributed by atoms with Crippen LogP contribution in [0.2, 0.25) is 5.15 Å². The molecule has 0 aliphatic heterocycles. The van der Waals surface area contributed by atoms with Gasteiger partial charge in [0.25, 0.3) is 0 Å². The second-order valence-corrected chi connectivity index (χ2v) is 4.48. The maximum atomic E-state index is 13.3. The van der Waals surface area contributed by atoms with Crippen LogP contribution in [-0.4, -0.2) is 16.5 Å². The normalized spacial score (nSPS) is 11.5. The first-order valence-electron chi connectivity index (χ1n) is 5.96. The van der Waals surface area contributed by atoms with E-state index >= 15 is 0 Å². The third kappa shape index (κ3) is 3.60. The van der Waals surface area contributed by atoms with Crippen LogP contribution in [0.1, 0.15) is 12.7 Å². The van der Waals surface area contributed by atoms with E-state index in [9.17, 15) is 17.6 Å². The summed E-state index contributed by atoms with van der Waals surface area (Å²) in [5, 5.41) is -0.331. The molecule has 0 fully saturated rings. The van der Waals surface area contributed by atoms with Gasteiger partial charge in [0, 0.05) is 18.3 Å². The number of anilines is 2. The van der Waals surface area contributed by atoms with Gasteiger partial charge in [-0.15, -0.1) is 0 Å². The molecular formula is C13H10ClF4N3. The molecule has 0 amide bonds. The van der Waals surface area contributed by atoms with Crippen LogP contribution in [0.25, 0.3) is 0 Å². The summed E-state index contributed by atoms with van der Waals surface area (Å²) < 4.78 is 51.4. The highest BCUT2D eigenvalue weighted by Gasteiger charge is 2.35. The molecule has 0 atom stereocenters. The van der Waals surface area contributed by atoms with Crippen molar-refractivity contribution in [2.75, 3.05) is 11.4 Å². The molecule has 0 saturated carbocycles. The van der Waals surface area contributed by atoms with Gasteiger partial charge >= 0.3 is 6.18 Å². The first kappa shape index (κ1) is 15.5. The van der Waals surface area contributed by atoms with Crippen molar-refractivity contribution < 1.29 is 17.6 Å². The molecule has 0 radical (unpaired) electrons. The van der Waals surface area contributed by atoms with Crippen LogP contribution in [0.15, 0.2) is 30.3 Å². The Labute approximate surface area is 123 Å². The fourth-order valence-electron chi connectivity index (χ4n) is 1.79. The Balaban J connectivity index is 2.50. The van der Waals surface area contributed by atoms with Crippen LogP contribution in [0.5, 0.6) is 0 Å². The summed E-state index contributed by atoms with van der Waals surface area (Å²) in [7, 11) is 0. The predicted octanol–water partition coefficient (Wildman–Crippen LogP) is 4.45. The Kier molecular flexibility index (Phi) is 4.32. The summed E-state index contributed by atoms with van der Waals surface area (Å²) in [5.74, 6) is -1.88. The van der Waals surface area contributed by atoms with E-state index in [1.807, 2.05) is 0 Å². The number of hydrogen-bond donors (Lipinski definition) is 0. The fourth-order valence-corrected chi connectivity index (χ4v) is 1.97. The molecule has 112 valence electrons. The highest BCUT2D eigenvalue weighted by atomic mass is 35.5. The van der Waals surface area contributed by atoms with Crippen LogP contribution >= 0.6 is 11.6 Å². The molecule has 0 spiro atoms. The van der Waals surface area contributed by atoms with Crippen molar-refractivity contribution in [2.24, 2.45) is 0 Å². The van der Waals surface area contributed by atoms with Gasteiger partial charge in [-0.05, 0) is 25.1 Å². The topological polar surface area (TPSA) is 29.0 Å². The summed E-state index contributed by atoms with van der Waals surface area (Å²) in [6, 6.07) is 6.67. The van der Waals surface area contributed by atoms with Crippen LogP contribution in [0.4, 0.5) is 29.1 Å². The third-order valence-corrected chi connectivity index (χ3v) is 2.84. The molecule has 0 aliphatic rings. The largest absolute Gasteiger partial charge is 0.451 e. The van der Waals surface area contributed by atoms with Gasteiger partial charge in [-0.3, -0.25) is 0 Å². The summed E-state index contributed by atoms with van der Waals surface area (Å²) >= 11 is 5.62. The SMILES string of the molecule is CCN(c1cccc(F)c1)c1cc(Cl)nc(C(F)(F)F)n1. The van der Waals surface area contributed by atoms with Crippen molar-refractivity contribution >= 4 is 23.1 Å². The van der Waals surface area contributed by atoms with Crippen molar-refractivity contribution in [1.29, 1.82) is 0 Å². The first-order valence-corrected chi connectivity index (χ1v) is 6.34. The molecule has 0 saturated heterocycles. The summed E-state index contributed by atoms with van der Waals surface area (Å²) in [6.45, 7) is 1.99. The first-order chi connectivity index (χ1) is 9.81. The number of nitrogens with zero attached hydrogens (tertiary/aromatic N) is 3. The fraction of sp³-hybridized carbons (Fsp3) is 0.231. The molecule has 8 heteroatoms. The van der Waals surface area contributed by atoms with E-state index in [1.54, 1.807) is 13.0 Å². The zero-order valence-corrected chi connectivity index (χ0v) is 11.6. The molecule has 0 bridgehead atoms. The Bertz CT molecular complexity index is 646. The number of benzene rings is 1. The molecule has 0 aliphatic carbocycles. The summed E-state index contributed by atoms with van der Waals surface area (Å²) in [5.41, 5.74) is 0.375. The number of hydrogen-bond acceptors (Lipinski definition) is 3. The molecule has 2 aromatic rings. The van der Waals surface area contributed by atoms with Gasteiger partial charge in [-0.1, -0.05) is 17.7 Å². The predicted molar refractivity (Wildman–Crippen MR) is 71.1 cm³/mol. The lowest BCUT2D eigenvalue weighted by Gasteiger charge is -2.22. The van der Waals surface area contributed by atoms with Crippen LogP contribution < -0.4 is 4.90 Å².